The van der Waals surface area contributed by atoms with Crippen LogP contribution in [0, 0.1) is 23.6 Å². The summed E-state index contributed by atoms with van der Waals surface area (Å²) in [4.78, 5) is 72.9. The second kappa shape index (κ2) is 21.3. The molecule has 12 rings (SSSR count). The van der Waals surface area contributed by atoms with Crippen molar-refractivity contribution in [3.8, 4) is 5.69 Å². The number of benzene rings is 5. The maximum atomic E-state index is 13.5. The summed E-state index contributed by atoms with van der Waals surface area (Å²) in [5.74, 6) is 0.254. The first-order chi connectivity index (χ1) is 35.5. The first kappa shape index (κ1) is 51.7. The molecule has 3 aliphatic carbocycles. The molecule has 1 aromatic heterocycles. The molecule has 6 fully saturated rings. The van der Waals surface area contributed by atoms with Crippen LogP contribution < -0.4 is 31.9 Å². The van der Waals surface area contributed by atoms with E-state index in [0.29, 0.717) is 12.8 Å². The lowest BCUT2D eigenvalue weighted by molar-refractivity contribution is -0.124. The van der Waals surface area contributed by atoms with Crippen molar-refractivity contribution in [2.75, 3.05) is 4.90 Å². The van der Waals surface area contributed by atoms with E-state index in [-0.39, 0.29) is 82.9 Å². The molecule has 16 heteroatoms. The molecule has 5 aromatic carbocycles. The van der Waals surface area contributed by atoms with Crippen LogP contribution in [0.25, 0.3) is 16.6 Å². The highest BCUT2D eigenvalue weighted by Crippen LogP contribution is 2.44. The van der Waals surface area contributed by atoms with Gasteiger partial charge < -0.3 is 31.9 Å². The molecule has 74 heavy (non-hydrogen) atoms. The third kappa shape index (κ3) is 11.1. The van der Waals surface area contributed by atoms with Crippen LogP contribution in [0.1, 0.15) is 95.2 Å². The molecule has 0 spiro atoms. The number of hydrogen-bond donors (Lipinski definition) is 5. The molecule has 4 heterocycles. The number of nitrogens with two attached hydrogens (primary N) is 1. The highest BCUT2D eigenvalue weighted by atomic mass is 35.5. The van der Waals surface area contributed by atoms with Gasteiger partial charge in [0.15, 0.2) is 0 Å². The van der Waals surface area contributed by atoms with Gasteiger partial charge in [0, 0.05) is 47.7 Å². The largest absolute Gasteiger partial charge is 0.350 e. The number of carbonyl (C=O) groups is 6. The summed E-state index contributed by atoms with van der Waals surface area (Å²) in [5, 5.41) is 17.4. The maximum Gasteiger partial charge on any atom is 0.230 e. The molecule has 6 aliphatic rings. The number of anilines is 1. The van der Waals surface area contributed by atoms with E-state index in [2.05, 4.69) is 26.4 Å². The van der Waals surface area contributed by atoms with E-state index in [1.807, 2.05) is 135 Å². The molecular formula is C58H62ClFN8O6. The predicted octanol–water partition coefficient (Wildman–Crippen LogP) is 7.94. The Kier molecular flexibility index (Phi) is 14.9. The zero-order chi connectivity index (χ0) is 52.4. The molecule has 0 bridgehead atoms. The Morgan fingerprint density at radius 2 is 1.11 bits per heavy atom. The van der Waals surface area contributed by atoms with Gasteiger partial charge in [-0.1, -0.05) is 91.0 Å². The van der Waals surface area contributed by atoms with E-state index in [1.165, 1.54) is 12.1 Å². The van der Waals surface area contributed by atoms with Crippen molar-refractivity contribution < 1.29 is 33.2 Å². The van der Waals surface area contributed by atoms with Crippen LogP contribution in [0.5, 0.6) is 0 Å². The lowest BCUT2D eigenvalue weighted by atomic mass is 9.84. The van der Waals surface area contributed by atoms with Crippen molar-refractivity contribution >= 4 is 63.0 Å². The second-order valence-corrected chi connectivity index (χ2v) is 21.1. The van der Waals surface area contributed by atoms with Crippen LogP contribution >= 0.6 is 11.6 Å². The van der Waals surface area contributed by atoms with Gasteiger partial charge in [0.25, 0.3) is 0 Å². The molecular weight excluding hydrogens is 959 g/mol. The number of amides is 5. The van der Waals surface area contributed by atoms with E-state index in [0.717, 1.165) is 77.5 Å². The first-order valence-electron chi connectivity index (χ1n) is 25.4. The number of nitrogens with one attached hydrogen (secondary N) is 4. The number of halogens is 2. The van der Waals surface area contributed by atoms with Gasteiger partial charge >= 0.3 is 0 Å². The summed E-state index contributed by atoms with van der Waals surface area (Å²) in [5.41, 5.74) is 9.71. The fourth-order valence-corrected chi connectivity index (χ4v) is 10.3. The van der Waals surface area contributed by atoms with Crippen LogP contribution in [0.3, 0.4) is 0 Å². The van der Waals surface area contributed by atoms with Crippen molar-refractivity contribution in [1.82, 2.24) is 31.0 Å². The minimum atomic E-state index is -0.747. The standard InChI is InChI=1S/C28H25FN4O2.C15H18N2O2.C11H14N2O.C4H5ClO/c1-28(20-5-3-2-4-6-20)25(31-27(35)18-7-8-18)16-26(34)32(28)23-13-14-24-19(15-23)17-30-33(24)22-11-9-21(29)10-12-22;1-15(11-5-3-2-4-6-11)12(9-13(18)17-15)16-14(19)10-7-8-10;1-11(8-5-3-2-4-6-8)9(12)7-10(14)13-11;5-4(6)3-1-2-3/h2-6,9-15,17-18,25H,7-8,16H2,1H3,(H,31,35);2-6,10,12H,7-9H2,1H3,(H,16,19)(H,17,18);2-6,9H,7,12H2,1H3,(H,13,14);3H,1-2H2/t25-,28+;12-,15+;9-,11+;/m000./s1. The summed E-state index contributed by atoms with van der Waals surface area (Å²) >= 11 is 5.04. The van der Waals surface area contributed by atoms with Crippen LogP contribution in [0.2, 0.25) is 0 Å². The number of hydrogen-bond acceptors (Lipinski definition) is 8. The molecule has 6 N–H and O–H groups in total. The monoisotopic (exact) mass is 1020 g/mol. The molecule has 5 amide bonds. The van der Waals surface area contributed by atoms with E-state index >= 15 is 0 Å². The number of aromatic nitrogens is 2. The van der Waals surface area contributed by atoms with Gasteiger partial charge in [-0.2, -0.15) is 5.10 Å². The number of carbonyl (C=O) groups excluding carboxylic acids is 6. The van der Waals surface area contributed by atoms with Gasteiger partial charge in [-0.05, 0) is 130 Å². The van der Waals surface area contributed by atoms with Crippen LogP contribution in [-0.4, -0.2) is 62.7 Å². The summed E-state index contributed by atoms with van der Waals surface area (Å²) in [6.07, 6.45) is 8.54. The van der Waals surface area contributed by atoms with Gasteiger partial charge in [-0.25, -0.2) is 9.07 Å². The Morgan fingerprint density at radius 1 is 0.622 bits per heavy atom. The van der Waals surface area contributed by atoms with E-state index < -0.39 is 16.6 Å². The van der Waals surface area contributed by atoms with Crippen LogP contribution in [0.15, 0.2) is 140 Å². The molecule has 0 radical (unpaired) electrons. The Labute approximate surface area is 435 Å². The maximum absolute atomic E-state index is 13.5. The van der Waals surface area contributed by atoms with Gasteiger partial charge in [0.05, 0.1) is 52.5 Å². The quantitative estimate of drug-likeness (QED) is 0.0853. The molecule has 3 aliphatic heterocycles. The summed E-state index contributed by atoms with van der Waals surface area (Å²) < 4.78 is 15.1. The van der Waals surface area contributed by atoms with Gasteiger partial charge in [-0.3, -0.25) is 28.8 Å². The third-order valence-electron chi connectivity index (χ3n) is 15.2. The lowest BCUT2D eigenvalue weighted by Gasteiger charge is -2.40. The number of rotatable bonds is 10. The van der Waals surface area contributed by atoms with E-state index in [4.69, 9.17) is 17.3 Å². The first-order valence-corrected chi connectivity index (χ1v) is 25.8. The highest BCUT2D eigenvalue weighted by molar-refractivity contribution is 6.64. The summed E-state index contributed by atoms with van der Waals surface area (Å²) in [6, 6.07) is 40.8. The van der Waals surface area contributed by atoms with Gasteiger partial charge in [-0.15, -0.1) is 0 Å². The minimum Gasteiger partial charge on any atom is -0.350 e. The topological polar surface area (TPSA) is 198 Å². The number of nitrogens with zero attached hydrogens (tertiary/aromatic N) is 3. The second-order valence-electron chi connectivity index (χ2n) is 20.7. The summed E-state index contributed by atoms with van der Waals surface area (Å²) in [6.45, 7) is 5.97. The Balaban J connectivity index is 0.000000143. The zero-order valence-electron chi connectivity index (χ0n) is 41.7. The average molecular weight is 1020 g/mol. The van der Waals surface area contributed by atoms with Gasteiger partial charge in [0.1, 0.15) is 5.82 Å². The van der Waals surface area contributed by atoms with Crippen molar-refractivity contribution in [3.05, 3.63) is 162 Å². The lowest BCUT2D eigenvalue weighted by Crippen LogP contribution is -2.53. The summed E-state index contributed by atoms with van der Waals surface area (Å²) in [7, 11) is 0. The van der Waals surface area contributed by atoms with Crippen molar-refractivity contribution in [2.24, 2.45) is 23.5 Å². The van der Waals surface area contributed by atoms with Crippen LogP contribution in [-0.2, 0) is 45.4 Å². The molecule has 3 saturated carbocycles. The van der Waals surface area contributed by atoms with Crippen LogP contribution in [0.4, 0.5) is 10.1 Å². The van der Waals surface area contributed by atoms with Gasteiger partial charge in [0.2, 0.25) is 34.8 Å². The molecule has 14 nitrogen and oxygen atoms in total. The molecule has 0 unspecified atom stereocenters. The molecule has 384 valence electrons. The van der Waals surface area contributed by atoms with E-state index in [9.17, 15) is 33.2 Å². The predicted molar refractivity (Wildman–Crippen MR) is 281 cm³/mol. The third-order valence-corrected chi connectivity index (χ3v) is 15.5. The smallest absolute Gasteiger partial charge is 0.230 e. The highest BCUT2D eigenvalue weighted by Gasteiger charge is 2.53. The normalized spacial score (nSPS) is 25.8. The Hall–Kier alpha value is -7.23. The fourth-order valence-electron chi connectivity index (χ4n) is 10.1. The zero-order valence-corrected chi connectivity index (χ0v) is 42.5. The van der Waals surface area contributed by atoms with Crippen molar-refractivity contribution in [3.63, 3.8) is 0 Å². The Bertz CT molecular complexity index is 3040. The fraction of sp³-hybridized carbons (Fsp3) is 0.362. The van der Waals surface area contributed by atoms with E-state index in [1.54, 1.807) is 23.0 Å². The molecule has 3 saturated heterocycles. The average Bonchev–Trinajstić information content (AvgIpc) is 4.30. The number of fused-ring (bicyclic) bond motifs is 1. The van der Waals surface area contributed by atoms with Crippen molar-refractivity contribution in [1.29, 1.82) is 0 Å². The van der Waals surface area contributed by atoms with Crippen molar-refractivity contribution in [2.45, 2.75) is 113 Å². The Morgan fingerprint density at radius 3 is 1.61 bits per heavy atom. The molecule has 6 atom stereocenters. The SMILES string of the molecule is C[C@@]1(c2ccccc2)[C@@H](NC(=O)C2CC2)CC(=O)N1c1ccc2c(cnn2-c2ccc(F)cc2)c1.C[C@]1(c2ccccc2)NC(=O)C[C@@H]1N.C[C@]1(c2ccccc2)NC(=O)C[C@@H]1NC(=O)C1CC1.O=C(Cl)C1CC1. The minimum absolute atomic E-state index is 0.00699. The molecule has 6 aromatic rings.